The molecule has 0 spiro atoms. The van der Waals surface area contributed by atoms with E-state index in [2.05, 4.69) is 4.98 Å². The zero-order valence-corrected chi connectivity index (χ0v) is 10.3. The number of aromatic nitrogens is 1. The third-order valence-corrected chi connectivity index (χ3v) is 3.07. The van der Waals surface area contributed by atoms with Crippen LogP contribution in [0.25, 0.3) is 0 Å². The van der Waals surface area contributed by atoms with Crippen molar-refractivity contribution in [3.05, 3.63) is 58.5 Å². The van der Waals surface area contributed by atoms with E-state index in [0.717, 1.165) is 10.5 Å². The highest BCUT2D eigenvalue weighted by atomic mass is 32.2. The van der Waals surface area contributed by atoms with Crippen LogP contribution in [0.4, 0.5) is 0 Å². The summed E-state index contributed by atoms with van der Waals surface area (Å²) in [6, 6.07) is 11.5. The Morgan fingerprint density at radius 2 is 2.06 bits per heavy atom. The maximum absolute atomic E-state index is 11.2. The molecule has 1 heterocycles. The SMILES string of the molecule is CSc1cc(=O)[nH]cc1OCc1ccccc1. The fourth-order valence-electron chi connectivity index (χ4n) is 1.45. The van der Waals surface area contributed by atoms with Crippen molar-refractivity contribution in [1.29, 1.82) is 0 Å². The van der Waals surface area contributed by atoms with Crippen LogP contribution in [0, 0.1) is 0 Å². The summed E-state index contributed by atoms with van der Waals surface area (Å²) < 4.78 is 5.68. The van der Waals surface area contributed by atoms with Gasteiger partial charge in [0.05, 0.1) is 4.90 Å². The first-order valence-corrected chi connectivity index (χ1v) is 6.45. The van der Waals surface area contributed by atoms with Crippen LogP contribution in [0.1, 0.15) is 5.56 Å². The normalized spacial score (nSPS) is 10.2. The third kappa shape index (κ3) is 3.14. The third-order valence-electron chi connectivity index (χ3n) is 2.31. The number of nitrogens with one attached hydrogen (secondary N) is 1. The molecule has 3 nitrogen and oxygen atoms in total. The van der Waals surface area contributed by atoms with Crippen LogP contribution < -0.4 is 10.3 Å². The van der Waals surface area contributed by atoms with E-state index in [1.165, 1.54) is 11.8 Å². The van der Waals surface area contributed by atoms with Gasteiger partial charge in [-0.2, -0.15) is 0 Å². The van der Waals surface area contributed by atoms with Gasteiger partial charge in [0.25, 0.3) is 0 Å². The fourth-order valence-corrected chi connectivity index (χ4v) is 1.99. The van der Waals surface area contributed by atoms with Crippen LogP contribution in [0.15, 0.2) is 52.3 Å². The average Bonchev–Trinajstić information content (AvgIpc) is 2.38. The van der Waals surface area contributed by atoms with Gasteiger partial charge in [-0.25, -0.2) is 0 Å². The Labute approximate surface area is 104 Å². The molecule has 2 rings (SSSR count). The number of thioether (sulfide) groups is 1. The molecule has 0 saturated heterocycles. The van der Waals surface area contributed by atoms with Crippen molar-refractivity contribution >= 4 is 11.8 Å². The van der Waals surface area contributed by atoms with Gasteiger partial charge in [0.1, 0.15) is 12.4 Å². The van der Waals surface area contributed by atoms with Crippen molar-refractivity contribution in [2.75, 3.05) is 6.26 Å². The summed E-state index contributed by atoms with van der Waals surface area (Å²) in [7, 11) is 0. The average molecular weight is 247 g/mol. The number of ether oxygens (including phenoxy) is 1. The van der Waals surface area contributed by atoms with Crippen LogP contribution >= 0.6 is 11.8 Å². The second kappa shape index (κ2) is 5.59. The van der Waals surface area contributed by atoms with Gasteiger partial charge in [0.2, 0.25) is 5.56 Å². The zero-order valence-electron chi connectivity index (χ0n) is 9.47. The number of hydrogen-bond donors (Lipinski definition) is 1. The van der Waals surface area contributed by atoms with Crippen LogP contribution in [-0.2, 0) is 6.61 Å². The summed E-state index contributed by atoms with van der Waals surface area (Å²) in [5.74, 6) is 0.709. The van der Waals surface area contributed by atoms with Gasteiger partial charge in [-0.3, -0.25) is 4.79 Å². The predicted molar refractivity (Wildman–Crippen MR) is 69.6 cm³/mol. The standard InChI is InChI=1S/C13H13NO2S/c1-17-12-7-13(15)14-8-11(12)16-9-10-5-3-2-4-6-10/h2-8H,9H2,1H3,(H,14,15). The van der Waals surface area contributed by atoms with Crippen LogP contribution in [0.5, 0.6) is 5.75 Å². The summed E-state index contributed by atoms with van der Waals surface area (Å²) in [6.45, 7) is 0.500. The van der Waals surface area contributed by atoms with E-state index in [1.54, 1.807) is 12.3 Å². The monoisotopic (exact) mass is 247 g/mol. The van der Waals surface area contributed by atoms with Gasteiger partial charge in [-0.05, 0) is 11.8 Å². The number of benzene rings is 1. The van der Waals surface area contributed by atoms with Crippen molar-refractivity contribution in [2.45, 2.75) is 11.5 Å². The molecule has 0 amide bonds. The smallest absolute Gasteiger partial charge is 0.249 e. The number of pyridine rings is 1. The Morgan fingerprint density at radius 3 is 2.76 bits per heavy atom. The molecule has 0 unspecified atom stereocenters. The topological polar surface area (TPSA) is 42.1 Å². The molecule has 88 valence electrons. The number of aromatic amines is 1. The molecule has 17 heavy (non-hydrogen) atoms. The van der Waals surface area contributed by atoms with Crippen molar-refractivity contribution in [2.24, 2.45) is 0 Å². The van der Waals surface area contributed by atoms with E-state index < -0.39 is 0 Å². The summed E-state index contributed by atoms with van der Waals surface area (Å²) in [4.78, 5) is 14.6. The van der Waals surface area contributed by atoms with Crippen molar-refractivity contribution in [3.8, 4) is 5.75 Å². The van der Waals surface area contributed by atoms with Crippen LogP contribution in [0.2, 0.25) is 0 Å². The summed E-state index contributed by atoms with van der Waals surface area (Å²) in [6.07, 6.45) is 3.53. The molecule has 0 aliphatic carbocycles. The Hall–Kier alpha value is -1.68. The van der Waals surface area contributed by atoms with E-state index in [9.17, 15) is 4.79 Å². The lowest BCUT2D eigenvalue weighted by Crippen LogP contribution is -2.05. The molecule has 0 bridgehead atoms. The molecule has 4 heteroatoms. The van der Waals surface area contributed by atoms with Crippen LogP contribution in [-0.4, -0.2) is 11.2 Å². The molecule has 0 atom stereocenters. The fraction of sp³-hybridized carbons (Fsp3) is 0.154. The van der Waals surface area contributed by atoms with E-state index >= 15 is 0 Å². The minimum absolute atomic E-state index is 0.110. The highest BCUT2D eigenvalue weighted by Gasteiger charge is 2.03. The molecule has 0 fully saturated rings. The van der Waals surface area contributed by atoms with E-state index in [4.69, 9.17) is 4.74 Å². The Morgan fingerprint density at radius 1 is 1.29 bits per heavy atom. The van der Waals surface area contributed by atoms with E-state index in [0.29, 0.717) is 12.4 Å². The zero-order chi connectivity index (χ0) is 12.1. The second-order valence-electron chi connectivity index (χ2n) is 3.50. The summed E-state index contributed by atoms with van der Waals surface area (Å²) in [5.41, 5.74) is 0.993. The van der Waals surface area contributed by atoms with Gasteiger partial charge in [0.15, 0.2) is 0 Å². The minimum atomic E-state index is -0.110. The Kier molecular flexibility index (Phi) is 3.88. The number of rotatable bonds is 4. The molecular weight excluding hydrogens is 234 g/mol. The molecule has 2 aromatic rings. The summed E-state index contributed by atoms with van der Waals surface area (Å²) >= 11 is 1.50. The molecule has 1 N–H and O–H groups in total. The lowest BCUT2D eigenvalue weighted by Gasteiger charge is -2.09. The molecule has 0 saturated carbocycles. The van der Waals surface area contributed by atoms with Crippen LogP contribution in [0.3, 0.4) is 0 Å². The number of H-pyrrole nitrogens is 1. The molecule has 0 aliphatic rings. The second-order valence-corrected chi connectivity index (χ2v) is 4.35. The van der Waals surface area contributed by atoms with Gasteiger partial charge in [-0.1, -0.05) is 30.3 Å². The Balaban J connectivity index is 2.11. The molecule has 1 aromatic heterocycles. The molecule has 0 radical (unpaired) electrons. The number of hydrogen-bond acceptors (Lipinski definition) is 3. The first-order chi connectivity index (χ1) is 8.29. The highest BCUT2D eigenvalue weighted by Crippen LogP contribution is 2.25. The van der Waals surface area contributed by atoms with Gasteiger partial charge >= 0.3 is 0 Å². The molecule has 0 aliphatic heterocycles. The summed E-state index contributed by atoms with van der Waals surface area (Å²) in [5, 5.41) is 0. The quantitative estimate of drug-likeness (QED) is 0.845. The van der Waals surface area contributed by atoms with E-state index in [1.807, 2.05) is 36.6 Å². The van der Waals surface area contributed by atoms with E-state index in [-0.39, 0.29) is 5.56 Å². The maximum Gasteiger partial charge on any atom is 0.249 e. The van der Waals surface area contributed by atoms with Crippen molar-refractivity contribution < 1.29 is 4.74 Å². The minimum Gasteiger partial charge on any atom is -0.486 e. The van der Waals surface area contributed by atoms with Crippen molar-refractivity contribution in [3.63, 3.8) is 0 Å². The Bertz CT molecular complexity index is 537. The maximum atomic E-state index is 11.2. The first-order valence-electron chi connectivity index (χ1n) is 5.23. The van der Waals surface area contributed by atoms with Crippen molar-refractivity contribution in [1.82, 2.24) is 4.98 Å². The first kappa shape index (κ1) is 11.8. The molecular formula is C13H13NO2S. The largest absolute Gasteiger partial charge is 0.486 e. The lowest BCUT2D eigenvalue weighted by atomic mass is 10.2. The highest BCUT2D eigenvalue weighted by molar-refractivity contribution is 7.98. The van der Waals surface area contributed by atoms with Gasteiger partial charge < -0.3 is 9.72 Å². The predicted octanol–water partition coefficient (Wildman–Crippen LogP) is 2.68. The van der Waals surface area contributed by atoms with Gasteiger partial charge in [-0.15, -0.1) is 11.8 Å². The molecule has 1 aromatic carbocycles. The van der Waals surface area contributed by atoms with Gasteiger partial charge in [0, 0.05) is 12.3 Å². The lowest BCUT2D eigenvalue weighted by molar-refractivity contribution is 0.297.